The summed E-state index contributed by atoms with van der Waals surface area (Å²) in [5, 5.41) is 4.30. The van der Waals surface area contributed by atoms with Gasteiger partial charge in [0, 0.05) is 29.1 Å². The van der Waals surface area contributed by atoms with E-state index in [1.807, 2.05) is 0 Å². The highest BCUT2D eigenvalue weighted by atomic mass is 35.5. The van der Waals surface area contributed by atoms with Gasteiger partial charge in [-0.05, 0) is 66.7 Å². The van der Waals surface area contributed by atoms with E-state index in [9.17, 15) is 17.2 Å². The van der Waals surface area contributed by atoms with Crippen molar-refractivity contribution in [3.8, 4) is 11.4 Å². The molecule has 1 heterocycles. The predicted octanol–water partition coefficient (Wildman–Crippen LogP) is 4.62. The standard InChI is InChI=1S/C22H17ClF2N4O2S/c23-15-3-10-19-20(13-15)28-21(14-1-4-16(24)5-2-14)29-22(19)26-11-12-27-32(30,31)18-8-6-17(25)7-9-18/h1-10,13,27H,11-12H2,(H,26,28,29). The normalized spacial score (nSPS) is 11.6. The molecule has 0 aliphatic rings. The minimum atomic E-state index is -3.78. The number of rotatable bonds is 7. The van der Waals surface area contributed by atoms with Gasteiger partial charge in [-0.15, -0.1) is 0 Å². The summed E-state index contributed by atoms with van der Waals surface area (Å²) in [7, 11) is -3.78. The first-order valence-corrected chi connectivity index (χ1v) is 11.4. The van der Waals surface area contributed by atoms with Gasteiger partial charge in [0.05, 0.1) is 10.4 Å². The Morgan fingerprint density at radius 2 is 1.50 bits per heavy atom. The highest BCUT2D eigenvalue weighted by molar-refractivity contribution is 7.89. The molecule has 0 aliphatic carbocycles. The lowest BCUT2D eigenvalue weighted by molar-refractivity contribution is 0.582. The lowest BCUT2D eigenvalue weighted by Crippen LogP contribution is -2.29. The summed E-state index contributed by atoms with van der Waals surface area (Å²) in [6, 6.07) is 15.5. The van der Waals surface area contributed by atoms with Crippen molar-refractivity contribution in [1.82, 2.24) is 14.7 Å². The van der Waals surface area contributed by atoms with Crippen molar-refractivity contribution in [2.45, 2.75) is 4.90 Å². The predicted molar refractivity (Wildman–Crippen MR) is 120 cm³/mol. The van der Waals surface area contributed by atoms with E-state index in [0.29, 0.717) is 33.1 Å². The number of halogens is 3. The number of anilines is 1. The molecule has 0 bridgehead atoms. The molecule has 1 aromatic heterocycles. The smallest absolute Gasteiger partial charge is 0.240 e. The first kappa shape index (κ1) is 22.1. The van der Waals surface area contributed by atoms with Gasteiger partial charge in [0.25, 0.3) is 0 Å². The molecule has 6 nitrogen and oxygen atoms in total. The van der Waals surface area contributed by atoms with Crippen LogP contribution in [0.25, 0.3) is 22.3 Å². The van der Waals surface area contributed by atoms with Crippen molar-refractivity contribution in [3.63, 3.8) is 0 Å². The Morgan fingerprint density at radius 1 is 0.844 bits per heavy atom. The lowest BCUT2D eigenvalue weighted by Gasteiger charge is -2.12. The van der Waals surface area contributed by atoms with E-state index >= 15 is 0 Å². The fourth-order valence-electron chi connectivity index (χ4n) is 3.03. The molecule has 0 saturated carbocycles. The van der Waals surface area contributed by atoms with Crippen LogP contribution in [0.1, 0.15) is 0 Å². The SMILES string of the molecule is O=S(=O)(NCCNc1nc(-c2ccc(F)cc2)nc2cc(Cl)ccc12)c1ccc(F)cc1. The highest BCUT2D eigenvalue weighted by Crippen LogP contribution is 2.27. The maximum absolute atomic E-state index is 13.3. The van der Waals surface area contributed by atoms with Gasteiger partial charge in [-0.1, -0.05) is 11.6 Å². The number of sulfonamides is 1. The van der Waals surface area contributed by atoms with E-state index in [-0.39, 0.29) is 23.8 Å². The van der Waals surface area contributed by atoms with Gasteiger partial charge >= 0.3 is 0 Å². The van der Waals surface area contributed by atoms with Crippen LogP contribution >= 0.6 is 11.6 Å². The Bertz CT molecular complexity index is 1370. The van der Waals surface area contributed by atoms with Gasteiger partial charge in [0.2, 0.25) is 10.0 Å². The van der Waals surface area contributed by atoms with Crippen molar-refractivity contribution in [1.29, 1.82) is 0 Å². The summed E-state index contributed by atoms with van der Waals surface area (Å²) >= 11 is 6.10. The molecule has 2 N–H and O–H groups in total. The van der Waals surface area contributed by atoms with Gasteiger partial charge in [-0.2, -0.15) is 0 Å². The number of nitrogens with one attached hydrogen (secondary N) is 2. The van der Waals surface area contributed by atoms with Crippen molar-refractivity contribution >= 4 is 38.3 Å². The Labute approximate surface area is 188 Å². The number of benzene rings is 3. The zero-order chi connectivity index (χ0) is 22.7. The molecule has 0 unspecified atom stereocenters. The molecule has 0 amide bonds. The second-order valence-corrected chi connectivity index (χ2v) is 9.05. The quantitative estimate of drug-likeness (QED) is 0.382. The summed E-state index contributed by atoms with van der Waals surface area (Å²) in [5.74, 6) is -0.0381. The van der Waals surface area contributed by atoms with E-state index < -0.39 is 15.8 Å². The Morgan fingerprint density at radius 3 is 2.19 bits per heavy atom. The molecule has 0 spiro atoms. The fourth-order valence-corrected chi connectivity index (χ4v) is 4.23. The van der Waals surface area contributed by atoms with Crippen LogP contribution in [0.15, 0.2) is 71.6 Å². The third-order valence-corrected chi connectivity index (χ3v) is 6.31. The molecule has 164 valence electrons. The summed E-state index contributed by atoms with van der Waals surface area (Å²) in [5.41, 5.74) is 1.20. The molecule has 4 rings (SSSR count). The highest BCUT2D eigenvalue weighted by Gasteiger charge is 2.14. The molecule has 0 saturated heterocycles. The van der Waals surface area contributed by atoms with Gasteiger partial charge in [-0.25, -0.2) is 31.9 Å². The van der Waals surface area contributed by atoms with Crippen molar-refractivity contribution in [3.05, 3.63) is 83.4 Å². The molecule has 3 aromatic carbocycles. The van der Waals surface area contributed by atoms with Gasteiger partial charge < -0.3 is 5.32 Å². The molecule has 32 heavy (non-hydrogen) atoms. The minimum absolute atomic E-state index is 0.0281. The van der Waals surface area contributed by atoms with Crippen LogP contribution in [0.2, 0.25) is 5.02 Å². The first-order valence-electron chi connectivity index (χ1n) is 9.54. The average molecular weight is 475 g/mol. The molecule has 10 heteroatoms. The Balaban J connectivity index is 1.54. The zero-order valence-electron chi connectivity index (χ0n) is 16.5. The first-order chi connectivity index (χ1) is 15.3. The summed E-state index contributed by atoms with van der Waals surface area (Å²) < 4.78 is 53.5. The second kappa shape index (κ2) is 9.15. The summed E-state index contributed by atoms with van der Waals surface area (Å²) in [4.78, 5) is 9.01. The maximum atomic E-state index is 13.3. The summed E-state index contributed by atoms with van der Waals surface area (Å²) in [6.45, 7) is 0.280. The zero-order valence-corrected chi connectivity index (χ0v) is 18.1. The van der Waals surface area contributed by atoms with Crippen LogP contribution in [-0.4, -0.2) is 31.5 Å². The van der Waals surface area contributed by atoms with E-state index in [1.165, 1.54) is 24.3 Å². The Kier molecular flexibility index (Phi) is 6.31. The average Bonchev–Trinajstić information content (AvgIpc) is 2.77. The molecule has 4 aromatic rings. The number of hydrogen-bond donors (Lipinski definition) is 2. The van der Waals surface area contributed by atoms with Crippen molar-refractivity contribution in [2.75, 3.05) is 18.4 Å². The molecule has 0 aliphatic heterocycles. The third kappa shape index (κ3) is 5.01. The van der Waals surface area contributed by atoms with Crippen LogP contribution in [0.5, 0.6) is 0 Å². The number of aromatic nitrogens is 2. The lowest BCUT2D eigenvalue weighted by atomic mass is 10.2. The monoisotopic (exact) mass is 474 g/mol. The Hall–Kier alpha value is -3.14. The van der Waals surface area contributed by atoms with Gasteiger partial charge in [-0.3, -0.25) is 0 Å². The number of nitrogens with zero attached hydrogens (tertiary/aromatic N) is 2. The van der Waals surface area contributed by atoms with E-state index in [4.69, 9.17) is 11.6 Å². The second-order valence-electron chi connectivity index (χ2n) is 6.84. The van der Waals surface area contributed by atoms with Crippen LogP contribution in [-0.2, 0) is 10.0 Å². The summed E-state index contributed by atoms with van der Waals surface area (Å²) in [6.07, 6.45) is 0. The van der Waals surface area contributed by atoms with Gasteiger partial charge in [0.15, 0.2) is 5.82 Å². The minimum Gasteiger partial charge on any atom is -0.368 e. The third-order valence-electron chi connectivity index (χ3n) is 4.59. The molecule has 0 atom stereocenters. The topological polar surface area (TPSA) is 84.0 Å². The maximum Gasteiger partial charge on any atom is 0.240 e. The van der Waals surface area contributed by atoms with Crippen LogP contribution in [0, 0.1) is 11.6 Å². The molecular formula is C22H17ClF2N4O2S. The van der Waals surface area contributed by atoms with Crippen LogP contribution in [0.4, 0.5) is 14.6 Å². The van der Waals surface area contributed by atoms with E-state index in [2.05, 4.69) is 20.0 Å². The van der Waals surface area contributed by atoms with Gasteiger partial charge in [0.1, 0.15) is 17.5 Å². The van der Waals surface area contributed by atoms with Crippen molar-refractivity contribution < 1.29 is 17.2 Å². The van der Waals surface area contributed by atoms with Crippen molar-refractivity contribution in [2.24, 2.45) is 0 Å². The molecule has 0 radical (unpaired) electrons. The fraction of sp³-hybridized carbons (Fsp3) is 0.0909. The molecular weight excluding hydrogens is 458 g/mol. The largest absolute Gasteiger partial charge is 0.368 e. The number of hydrogen-bond acceptors (Lipinski definition) is 5. The van der Waals surface area contributed by atoms with E-state index in [0.717, 1.165) is 12.1 Å². The van der Waals surface area contributed by atoms with Crippen LogP contribution < -0.4 is 10.0 Å². The van der Waals surface area contributed by atoms with E-state index in [1.54, 1.807) is 30.3 Å². The number of fused-ring (bicyclic) bond motifs is 1. The molecule has 0 fully saturated rings. The van der Waals surface area contributed by atoms with Crippen LogP contribution in [0.3, 0.4) is 0 Å².